The second-order valence-corrected chi connectivity index (χ2v) is 5.75. The SMILES string of the molecule is COc1cccc(/C=N/NC(=O)c2ccccc2OCc2ccccc2)c1. The lowest BCUT2D eigenvalue weighted by Crippen LogP contribution is -2.18. The summed E-state index contributed by atoms with van der Waals surface area (Å²) in [4.78, 5) is 12.5. The Labute approximate surface area is 158 Å². The number of nitrogens with one attached hydrogen (secondary N) is 1. The summed E-state index contributed by atoms with van der Waals surface area (Å²) in [6.07, 6.45) is 1.56. The van der Waals surface area contributed by atoms with E-state index in [2.05, 4.69) is 10.5 Å². The van der Waals surface area contributed by atoms with Crippen LogP contribution in [0.2, 0.25) is 0 Å². The average molecular weight is 360 g/mol. The first-order valence-electron chi connectivity index (χ1n) is 8.49. The minimum atomic E-state index is -0.335. The molecule has 0 aliphatic heterocycles. The molecular formula is C22H20N2O3. The summed E-state index contributed by atoms with van der Waals surface area (Å²) < 4.78 is 11.0. The molecular weight excluding hydrogens is 340 g/mol. The van der Waals surface area contributed by atoms with Crippen LogP contribution < -0.4 is 14.9 Å². The number of nitrogens with zero attached hydrogens (tertiary/aromatic N) is 1. The van der Waals surface area contributed by atoms with Gasteiger partial charge in [-0.25, -0.2) is 5.43 Å². The van der Waals surface area contributed by atoms with Gasteiger partial charge in [-0.15, -0.1) is 0 Å². The van der Waals surface area contributed by atoms with Crippen molar-refractivity contribution in [3.8, 4) is 11.5 Å². The number of hydrogen-bond acceptors (Lipinski definition) is 4. The van der Waals surface area contributed by atoms with Gasteiger partial charge in [0.2, 0.25) is 0 Å². The van der Waals surface area contributed by atoms with E-state index in [-0.39, 0.29) is 5.91 Å². The third-order valence-corrected chi connectivity index (χ3v) is 3.84. The molecule has 0 spiro atoms. The van der Waals surface area contributed by atoms with E-state index in [9.17, 15) is 4.79 Å². The summed E-state index contributed by atoms with van der Waals surface area (Å²) in [5, 5.41) is 4.02. The van der Waals surface area contributed by atoms with E-state index in [4.69, 9.17) is 9.47 Å². The number of para-hydroxylation sites is 1. The molecule has 0 fully saturated rings. The van der Waals surface area contributed by atoms with Gasteiger partial charge in [0, 0.05) is 0 Å². The van der Waals surface area contributed by atoms with Gasteiger partial charge >= 0.3 is 0 Å². The number of carbonyl (C=O) groups is 1. The minimum absolute atomic E-state index is 0.335. The Morgan fingerprint density at radius 2 is 1.78 bits per heavy atom. The van der Waals surface area contributed by atoms with Gasteiger partial charge in [-0.3, -0.25) is 4.79 Å². The van der Waals surface area contributed by atoms with Crippen molar-refractivity contribution in [1.29, 1.82) is 0 Å². The highest BCUT2D eigenvalue weighted by Gasteiger charge is 2.11. The number of carbonyl (C=O) groups excluding carboxylic acids is 1. The van der Waals surface area contributed by atoms with E-state index >= 15 is 0 Å². The fourth-order valence-corrected chi connectivity index (χ4v) is 2.46. The van der Waals surface area contributed by atoms with Gasteiger partial charge in [-0.1, -0.05) is 54.6 Å². The van der Waals surface area contributed by atoms with Crippen LogP contribution in [0.15, 0.2) is 84.0 Å². The number of rotatable bonds is 7. The van der Waals surface area contributed by atoms with Gasteiger partial charge in [0.15, 0.2) is 0 Å². The topological polar surface area (TPSA) is 59.9 Å². The molecule has 0 atom stereocenters. The maximum atomic E-state index is 12.5. The molecule has 0 aliphatic carbocycles. The molecule has 0 saturated heterocycles. The molecule has 0 unspecified atom stereocenters. The Bertz CT molecular complexity index is 924. The standard InChI is InChI=1S/C22H20N2O3/c1-26-19-11-7-10-18(14-19)15-23-24-22(25)20-12-5-6-13-21(20)27-16-17-8-3-2-4-9-17/h2-15H,16H2,1H3,(H,24,25)/b23-15+. The van der Waals surface area contributed by atoms with Crippen molar-refractivity contribution >= 4 is 12.1 Å². The molecule has 0 bridgehead atoms. The highest BCUT2D eigenvalue weighted by atomic mass is 16.5. The van der Waals surface area contributed by atoms with Crippen molar-refractivity contribution in [2.75, 3.05) is 7.11 Å². The van der Waals surface area contributed by atoms with Crippen LogP contribution in [0.25, 0.3) is 0 Å². The number of methoxy groups -OCH3 is 1. The van der Waals surface area contributed by atoms with Crippen LogP contribution in [0, 0.1) is 0 Å². The third-order valence-electron chi connectivity index (χ3n) is 3.84. The van der Waals surface area contributed by atoms with Gasteiger partial charge in [-0.05, 0) is 35.4 Å². The molecule has 3 rings (SSSR count). The summed E-state index contributed by atoms with van der Waals surface area (Å²) in [6, 6.07) is 24.3. The predicted octanol–water partition coefficient (Wildman–Crippen LogP) is 4.04. The van der Waals surface area contributed by atoms with Crippen LogP contribution in [0.1, 0.15) is 21.5 Å². The molecule has 0 aromatic heterocycles. The van der Waals surface area contributed by atoms with Gasteiger partial charge in [0.1, 0.15) is 18.1 Å². The van der Waals surface area contributed by atoms with Crippen LogP contribution in [-0.2, 0) is 6.61 Å². The molecule has 0 saturated carbocycles. The molecule has 5 heteroatoms. The van der Waals surface area contributed by atoms with Gasteiger partial charge < -0.3 is 9.47 Å². The molecule has 1 N–H and O–H groups in total. The van der Waals surface area contributed by atoms with Crippen molar-refractivity contribution in [2.24, 2.45) is 5.10 Å². The fraction of sp³-hybridized carbons (Fsp3) is 0.0909. The first-order chi connectivity index (χ1) is 13.3. The van der Waals surface area contributed by atoms with Crippen molar-refractivity contribution in [3.05, 3.63) is 95.6 Å². The molecule has 0 aliphatic rings. The number of hydrogen-bond donors (Lipinski definition) is 1. The lowest BCUT2D eigenvalue weighted by Gasteiger charge is -2.10. The number of amides is 1. The molecule has 3 aromatic carbocycles. The second kappa shape index (κ2) is 9.20. The van der Waals surface area contributed by atoms with Crippen LogP contribution >= 0.6 is 0 Å². The molecule has 3 aromatic rings. The quantitative estimate of drug-likeness (QED) is 0.511. The minimum Gasteiger partial charge on any atom is -0.497 e. The summed E-state index contributed by atoms with van der Waals surface area (Å²) >= 11 is 0. The monoisotopic (exact) mass is 360 g/mol. The Kier molecular flexibility index (Phi) is 6.20. The maximum absolute atomic E-state index is 12.5. The summed E-state index contributed by atoms with van der Waals surface area (Å²) in [6.45, 7) is 0.387. The van der Waals surface area contributed by atoms with Crippen molar-refractivity contribution in [2.45, 2.75) is 6.61 Å². The van der Waals surface area contributed by atoms with E-state index in [0.29, 0.717) is 17.9 Å². The third kappa shape index (κ3) is 5.19. The highest BCUT2D eigenvalue weighted by Crippen LogP contribution is 2.19. The number of hydrazone groups is 1. The van der Waals surface area contributed by atoms with Crippen molar-refractivity contribution < 1.29 is 14.3 Å². The van der Waals surface area contributed by atoms with Gasteiger partial charge in [0.25, 0.3) is 5.91 Å². The largest absolute Gasteiger partial charge is 0.497 e. The Morgan fingerprint density at radius 3 is 2.59 bits per heavy atom. The lowest BCUT2D eigenvalue weighted by molar-refractivity contribution is 0.0950. The number of benzene rings is 3. The molecule has 1 amide bonds. The zero-order valence-electron chi connectivity index (χ0n) is 15.0. The second-order valence-electron chi connectivity index (χ2n) is 5.75. The lowest BCUT2D eigenvalue weighted by atomic mass is 10.2. The molecule has 0 radical (unpaired) electrons. The normalized spacial score (nSPS) is 10.6. The smallest absolute Gasteiger partial charge is 0.275 e. The molecule has 5 nitrogen and oxygen atoms in total. The Morgan fingerprint density at radius 1 is 1.00 bits per heavy atom. The zero-order valence-corrected chi connectivity index (χ0v) is 15.0. The first kappa shape index (κ1) is 18.2. The van der Waals surface area contributed by atoms with E-state index in [0.717, 1.165) is 16.9 Å². The van der Waals surface area contributed by atoms with E-state index in [1.54, 1.807) is 31.5 Å². The number of ether oxygens (including phenoxy) is 2. The average Bonchev–Trinajstić information content (AvgIpc) is 2.73. The first-order valence-corrected chi connectivity index (χ1v) is 8.49. The summed E-state index contributed by atoms with van der Waals surface area (Å²) in [7, 11) is 1.60. The summed E-state index contributed by atoms with van der Waals surface area (Å²) in [5.74, 6) is 0.901. The van der Waals surface area contributed by atoms with Crippen molar-refractivity contribution in [3.63, 3.8) is 0 Å². The maximum Gasteiger partial charge on any atom is 0.275 e. The van der Waals surface area contributed by atoms with E-state index in [1.165, 1.54) is 0 Å². The van der Waals surface area contributed by atoms with Gasteiger partial charge in [-0.2, -0.15) is 5.10 Å². The predicted molar refractivity (Wildman–Crippen MR) is 105 cm³/mol. The van der Waals surface area contributed by atoms with E-state index in [1.807, 2.05) is 60.7 Å². The Hall–Kier alpha value is -3.60. The summed E-state index contributed by atoms with van der Waals surface area (Å²) in [5.41, 5.74) is 4.81. The van der Waals surface area contributed by atoms with Crippen LogP contribution in [0.5, 0.6) is 11.5 Å². The molecule has 0 heterocycles. The molecule has 27 heavy (non-hydrogen) atoms. The Balaban J connectivity index is 1.65. The highest BCUT2D eigenvalue weighted by molar-refractivity contribution is 5.97. The van der Waals surface area contributed by atoms with E-state index < -0.39 is 0 Å². The van der Waals surface area contributed by atoms with Gasteiger partial charge in [0.05, 0.1) is 18.9 Å². The molecule has 136 valence electrons. The zero-order chi connectivity index (χ0) is 18.9. The van der Waals surface area contributed by atoms with Crippen LogP contribution in [0.4, 0.5) is 0 Å². The van der Waals surface area contributed by atoms with Crippen LogP contribution in [0.3, 0.4) is 0 Å². The van der Waals surface area contributed by atoms with Crippen molar-refractivity contribution in [1.82, 2.24) is 5.43 Å². The fourth-order valence-electron chi connectivity index (χ4n) is 2.46. The van der Waals surface area contributed by atoms with Crippen LogP contribution in [-0.4, -0.2) is 19.2 Å².